The molecule has 1 heterocycles. The highest BCUT2D eigenvalue weighted by molar-refractivity contribution is 6.06. The molecule has 2 aromatic carbocycles. The van der Waals surface area contributed by atoms with Crippen LogP contribution in [0.15, 0.2) is 53.2 Å². The van der Waals surface area contributed by atoms with E-state index in [1.807, 2.05) is 0 Å². The predicted molar refractivity (Wildman–Crippen MR) is 79.3 cm³/mol. The number of aromatic nitrogens is 2. The third-order valence-electron chi connectivity index (χ3n) is 3.21. The molecular formula is C16H12N2O4. The molecule has 0 aliphatic heterocycles. The van der Waals surface area contributed by atoms with Crippen LogP contribution in [0, 0.1) is 5.21 Å². The maximum Gasteiger partial charge on any atom is 0.248 e. The molecule has 0 atom stereocenters. The molecule has 0 spiro atoms. The summed E-state index contributed by atoms with van der Waals surface area (Å²) in [6.07, 6.45) is 3.09. The second-order valence-corrected chi connectivity index (χ2v) is 4.60. The van der Waals surface area contributed by atoms with E-state index in [1.54, 1.807) is 55.7 Å². The number of benzene rings is 2. The largest absolute Gasteiger partial charge is 0.497 e. The Labute approximate surface area is 125 Å². The van der Waals surface area contributed by atoms with Gasteiger partial charge in [-0.1, -0.05) is 12.1 Å². The van der Waals surface area contributed by atoms with Gasteiger partial charge in [0.2, 0.25) is 11.0 Å². The lowest BCUT2D eigenvalue weighted by Gasteiger charge is -2.00. The summed E-state index contributed by atoms with van der Waals surface area (Å²) in [6.45, 7) is 0. The van der Waals surface area contributed by atoms with Gasteiger partial charge >= 0.3 is 0 Å². The Bertz CT molecular complexity index is 850. The number of ether oxygens (including phenoxy) is 1. The molecule has 1 aromatic heterocycles. The van der Waals surface area contributed by atoms with Gasteiger partial charge in [0, 0.05) is 16.8 Å². The molecule has 110 valence electrons. The molecule has 0 N–H and O–H groups in total. The molecular weight excluding hydrogens is 284 g/mol. The van der Waals surface area contributed by atoms with Gasteiger partial charge in [0.1, 0.15) is 5.75 Å². The van der Waals surface area contributed by atoms with E-state index in [4.69, 9.17) is 4.74 Å². The van der Waals surface area contributed by atoms with E-state index in [9.17, 15) is 10.0 Å². The van der Waals surface area contributed by atoms with E-state index in [-0.39, 0.29) is 5.78 Å². The standard InChI is InChI=1S/C16H12N2O4/c1-21-13-6-4-12(5-7-13)16(19)9-3-11-2-8-14-15(10-11)18(20)22-17-14/h2-10H,1H3/b9-3+. The molecule has 3 aromatic rings. The van der Waals surface area contributed by atoms with Gasteiger partial charge < -0.3 is 9.94 Å². The van der Waals surface area contributed by atoms with Crippen molar-refractivity contribution in [2.75, 3.05) is 7.11 Å². The van der Waals surface area contributed by atoms with E-state index in [0.29, 0.717) is 32.8 Å². The van der Waals surface area contributed by atoms with Crippen LogP contribution in [0.4, 0.5) is 0 Å². The number of carbonyl (C=O) groups is 1. The molecule has 0 saturated carbocycles. The summed E-state index contributed by atoms with van der Waals surface area (Å²) in [7, 11) is 1.57. The number of fused-ring (bicyclic) bond motifs is 1. The van der Waals surface area contributed by atoms with Crippen LogP contribution >= 0.6 is 0 Å². The highest BCUT2D eigenvalue weighted by Crippen LogP contribution is 2.14. The van der Waals surface area contributed by atoms with Crippen LogP contribution in [0.5, 0.6) is 5.75 Å². The van der Waals surface area contributed by atoms with Gasteiger partial charge in [-0.3, -0.25) is 9.42 Å². The Kier molecular flexibility index (Phi) is 3.57. The summed E-state index contributed by atoms with van der Waals surface area (Å²) in [5, 5.41) is 14.9. The number of nitrogens with zero attached hydrogens (tertiary/aromatic N) is 2. The van der Waals surface area contributed by atoms with Crippen LogP contribution in [-0.2, 0) is 0 Å². The Morgan fingerprint density at radius 3 is 2.77 bits per heavy atom. The average molecular weight is 296 g/mol. The molecule has 0 amide bonds. The normalized spacial score (nSPS) is 11.1. The first kappa shape index (κ1) is 13.8. The maximum absolute atomic E-state index is 12.1. The molecule has 6 heteroatoms. The molecule has 0 aliphatic rings. The van der Waals surface area contributed by atoms with E-state index in [1.165, 1.54) is 6.08 Å². The number of methoxy groups -OCH3 is 1. The lowest BCUT2D eigenvalue weighted by Crippen LogP contribution is -2.22. The molecule has 6 nitrogen and oxygen atoms in total. The second-order valence-electron chi connectivity index (χ2n) is 4.60. The smallest absolute Gasteiger partial charge is 0.248 e. The van der Waals surface area contributed by atoms with Crippen molar-refractivity contribution in [1.29, 1.82) is 0 Å². The summed E-state index contributed by atoms with van der Waals surface area (Å²) in [6, 6.07) is 11.9. The van der Waals surface area contributed by atoms with E-state index in [2.05, 4.69) is 9.79 Å². The van der Waals surface area contributed by atoms with Crippen LogP contribution in [0.1, 0.15) is 15.9 Å². The van der Waals surface area contributed by atoms with Crippen molar-refractivity contribution >= 4 is 22.9 Å². The fourth-order valence-electron chi connectivity index (χ4n) is 2.02. The number of rotatable bonds is 4. The van der Waals surface area contributed by atoms with Crippen molar-refractivity contribution in [3.05, 3.63) is 64.9 Å². The highest BCUT2D eigenvalue weighted by Gasteiger charge is 2.08. The van der Waals surface area contributed by atoms with Gasteiger partial charge in [0.05, 0.1) is 7.11 Å². The molecule has 0 fully saturated rings. The van der Waals surface area contributed by atoms with Crippen molar-refractivity contribution in [2.24, 2.45) is 0 Å². The lowest BCUT2D eigenvalue weighted by molar-refractivity contribution is -0.782. The first-order chi connectivity index (χ1) is 10.7. The Morgan fingerprint density at radius 1 is 1.27 bits per heavy atom. The first-order valence-corrected chi connectivity index (χ1v) is 6.53. The summed E-state index contributed by atoms with van der Waals surface area (Å²) >= 11 is 0. The topological polar surface area (TPSA) is 79.3 Å². The van der Waals surface area contributed by atoms with Gasteiger partial charge in [0.15, 0.2) is 5.78 Å². The highest BCUT2D eigenvalue weighted by atomic mass is 16.8. The fraction of sp³-hybridized carbons (Fsp3) is 0.0625. The van der Waals surface area contributed by atoms with Crippen molar-refractivity contribution in [1.82, 2.24) is 5.16 Å². The Morgan fingerprint density at radius 2 is 2.05 bits per heavy atom. The number of allylic oxidation sites excluding steroid dienone is 1. The zero-order valence-electron chi connectivity index (χ0n) is 11.7. The van der Waals surface area contributed by atoms with E-state index >= 15 is 0 Å². The lowest BCUT2D eigenvalue weighted by atomic mass is 10.1. The van der Waals surface area contributed by atoms with Gasteiger partial charge in [-0.15, -0.1) is 0 Å². The molecule has 0 aliphatic carbocycles. The van der Waals surface area contributed by atoms with E-state index in [0.717, 1.165) is 0 Å². The summed E-state index contributed by atoms with van der Waals surface area (Å²) in [5.41, 5.74) is 2.05. The van der Waals surface area contributed by atoms with Gasteiger partial charge in [0.25, 0.3) is 0 Å². The SMILES string of the molecule is COc1ccc(C(=O)/C=C/c2ccc3no[n+]([O-])c3c2)cc1. The number of ketones is 1. The van der Waals surface area contributed by atoms with E-state index < -0.39 is 0 Å². The predicted octanol–water partition coefficient (Wildman–Crippen LogP) is 2.37. The zero-order valence-corrected chi connectivity index (χ0v) is 11.7. The molecule has 0 unspecified atom stereocenters. The monoisotopic (exact) mass is 296 g/mol. The van der Waals surface area contributed by atoms with Crippen LogP contribution in [0.25, 0.3) is 17.1 Å². The summed E-state index contributed by atoms with van der Waals surface area (Å²) in [4.78, 5) is 12.4. The van der Waals surface area contributed by atoms with Crippen LogP contribution in [0.2, 0.25) is 0 Å². The minimum Gasteiger partial charge on any atom is -0.497 e. The average Bonchev–Trinajstić information content (AvgIpc) is 2.93. The second kappa shape index (κ2) is 5.69. The molecule has 22 heavy (non-hydrogen) atoms. The minimum absolute atomic E-state index is 0.136. The number of hydrogen-bond donors (Lipinski definition) is 0. The molecule has 0 bridgehead atoms. The van der Waals surface area contributed by atoms with Crippen molar-refractivity contribution in [2.45, 2.75) is 0 Å². The van der Waals surface area contributed by atoms with Crippen molar-refractivity contribution in [3.8, 4) is 5.75 Å². The summed E-state index contributed by atoms with van der Waals surface area (Å²) < 4.78 is 9.54. The first-order valence-electron chi connectivity index (χ1n) is 6.53. The number of hydrogen-bond acceptors (Lipinski definition) is 5. The Hall–Kier alpha value is -3.15. The third-order valence-corrected chi connectivity index (χ3v) is 3.21. The minimum atomic E-state index is -0.136. The van der Waals surface area contributed by atoms with Gasteiger partial charge in [-0.25, -0.2) is 0 Å². The van der Waals surface area contributed by atoms with Crippen LogP contribution < -0.4 is 9.64 Å². The number of carbonyl (C=O) groups excluding carboxylic acids is 1. The van der Waals surface area contributed by atoms with Crippen molar-refractivity contribution in [3.63, 3.8) is 0 Å². The third kappa shape index (κ3) is 2.67. The quantitative estimate of drug-likeness (QED) is 0.419. The fourth-order valence-corrected chi connectivity index (χ4v) is 2.02. The Balaban J connectivity index is 1.81. The van der Waals surface area contributed by atoms with Crippen LogP contribution in [0.3, 0.4) is 0 Å². The zero-order chi connectivity index (χ0) is 15.5. The van der Waals surface area contributed by atoms with Crippen LogP contribution in [-0.4, -0.2) is 18.0 Å². The van der Waals surface area contributed by atoms with Gasteiger partial charge in [-0.2, -0.15) is 0 Å². The molecule has 3 rings (SSSR count). The van der Waals surface area contributed by atoms with Crippen molar-refractivity contribution < 1.29 is 19.1 Å². The molecule has 0 radical (unpaired) electrons. The molecule has 0 saturated heterocycles. The summed E-state index contributed by atoms with van der Waals surface area (Å²) in [5.74, 6) is 0.557. The maximum atomic E-state index is 12.1. The van der Waals surface area contributed by atoms with Gasteiger partial charge in [-0.05, 0) is 46.9 Å².